The van der Waals surface area contributed by atoms with Crippen LogP contribution in [0.15, 0.2) is 24.5 Å². The summed E-state index contributed by atoms with van der Waals surface area (Å²) < 4.78 is 50.8. The molecule has 2 heterocycles. The molecule has 8 heteroatoms. The average Bonchev–Trinajstić information content (AvgIpc) is 3.12. The van der Waals surface area contributed by atoms with Gasteiger partial charge in [0.05, 0.1) is 26.2 Å². The maximum Gasteiger partial charge on any atom is 0.306 e. The predicted octanol–water partition coefficient (Wildman–Crippen LogP) is 2.88. The fourth-order valence-electron chi connectivity index (χ4n) is 2.91. The Hall–Kier alpha value is -2.45. The highest BCUT2D eigenvalue weighted by Crippen LogP contribution is 2.34. The molecule has 1 atom stereocenters. The number of nitrogen functional groups attached to an aromatic ring is 1. The molecule has 0 saturated carbocycles. The monoisotopic (exact) mass is 381 g/mol. The first kappa shape index (κ1) is 14.6. The van der Waals surface area contributed by atoms with Gasteiger partial charge in [-0.1, -0.05) is 6.92 Å². The maximum absolute atomic E-state index is 11.1. The van der Waals surface area contributed by atoms with Gasteiger partial charge < -0.3 is 20.3 Å². The van der Waals surface area contributed by atoms with E-state index in [1.807, 2.05) is 0 Å². The number of aryl methyl sites for hydroxylation is 1. The van der Waals surface area contributed by atoms with E-state index >= 15 is 0 Å². The lowest BCUT2D eigenvalue weighted by Crippen LogP contribution is -2.32. The lowest BCUT2D eigenvalue weighted by molar-refractivity contribution is -0.223. The summed E-state index contributed by atoms with van der Waals surface area (Å²) in [6, 6.07) is 3.11. The normalized spacial score (nSPS) is 16.6. The largest absolute Gasteiger partial charge is 0.481 e. The summed E-state index contributed by atoms with van der Waals surface area (Å²) in [6.45, 7) is -4.18. The van der Waals surface area contributed by atoms with Gasteiger partial charge in [0.2, 0.25) is 5.79 Å². The number of ether oxygens (including phenoxy) is 2. The van der Waals surface area contributed by atoms with Crippen LogP contribution in [-0.2, 0) is 26.6 Å². The first-order chi connectivity index (χ1) is 14.8. The van der Waals surface area contributed by atoms with Crippen LogP contribution in [0.25, 0.3) is 11.3 Å². The second-order valence-corrected chi connectivity index (χ2v) is 6.19. The van der Waals surface area contributed by atoms with E-state index in [-0.39, 0.29) is 11.4 Å². The van der Waals surface area contributed by atoms with Gasteiger partial charge >= 0.3 is 5.97 Å². The minimum Gasteiger partial charge on any atom is -0.481 e. The van der Waals surface area contributed by atoms with Crippen LogP contribution in [-0.4, -0.2) is 40.1 Å². The fourth-order valence-corrected chi connectivity index (χ4v) is 2.91. The zero-order valence-corrected chi connectivity index (χ0v) is 15.6. The summed E-state index contributed by atoms with van der Waals surface area (Å²) in [5.41, 5.74) is 6.88. The van der Waals surface area contributed by atoms with Gasteiger partial charge in [0.25, 0.3) is 0 Å². The van der Waals surface area contributed by atoms with E-state index in [0.29, 0.717) is 30.5 Å². The third kappa shape index (κ3) is 4.45. The second kappa shape index (κ2) is 8.96. The Kier molecular flexibility index (Phi) is 4.84. The molecule has 0 radical (unpaired) electrons. The van der Waals surface area contributed by atoms with Gasteiger partial charge in [-0.25, -0.2) is 0 Å². The minimum absolute atomic E-state index is 0.0791. The van der Waals surface area contributed by atoms with E-state index < -0.39 is 31.0 Å². The maximum atomic E-state index is 11.1. The van der Waals surface area contributed by atoms with Crippen LogP contribution < -0.4 is 5.73 Å². The van der Waals surface area contributed by atoms with Crippen molar-refractivity contribution in [1.29, 1.82) is 0 Å². The number of carboxylic acids is 1. The summed E-state index contributed by atoms with van der Waals surface area (Å²) in [6.07, 6.45) is 3.81. The van der Waals surface area contributed by atoms with Gasteiger partial charge in [-0.05, 0) is 31.8 Å². The van der Waals surface area contributed by atoms with Crippen LogP contribution >= 0.6 is 0 Å². The molecule has 3 N–H and O–H groups in total. The van der Waals surface area contributed by atoms with E-state index in [4.69, 9.17) is 27.2 Å². The number of carboxylic acid groups (broad SMARTS) is 1. The molecule has 0 aliphatic rings. The number of aliphatic carboxylic acids is 1. The molecule has 27 heavy (non-hydrogen) atoms. The highest BCUT2D eigenvalue weighted by Gasteiger charge is 2.34. The summed E-state index contributed by atoms with van der Waals surface area (Å²) in [5, 5.41) is 13.0. The number of rotatable bonds is 10. The number of hydrogen-bond acceptors (Lipinski definition) is 6. The Morgan fingerprint density at radius 3 is 2.89 bits per heavy atom. The SMILES string of the molecule is [2H]C([2H])([2H])C([2H])([2H])n1ncc(N)c1-c1ccnc(C(CCC[C@@H](C)C(=O)O)(OC)OC)c1. The van der Waals surface area contributed by atoms with E-state index in [9.17, 15) is 4.79 Å². The Bertz CT molecular complexity index is 944. The Labute approximate surface area is 166 Å². The minimum atomic E-state index is -2.99. The molecule has 0 fully saturated rings. The van der Waals surface area contributed by atoms with Crippen molar-refractivity contribution in [3.63, 3.8) is 0 Å². The second-order valence-electron chi connectivity index (χ2n) is 6.19. The summed E-state index contributed by atoms with van der Waals surface area (Å²) >= 11 is 0. The first-order valence-corrected chi connectivity index (χ1v) is 8.44. The van der Waals surface area contributed by atoms with Crippen molar-refractivity contribution in [2.24, 2.45) is 5.92 Å². The third-order valence-corrected chi connectivity index (χ3v) is 4.55. The summed E-state index contributed by atoms with van der Waals surface area (Å²) in [4.78, 5) is 15.4. The molecule has 0 aromatic carbocycles. The van der Waals surface area contributed by atoms with Crippen molar-refractivity contribution in [3.05, 3.63) is 30.2 Å². The molecule has 8 nitrogen and oxygen atoms in total. The molecule has 2 aromatic rings. The molecule has 148 valence electrons. The number of hydrogen-bond donors (Lipinski definition) is 2. The lowest BCUT2D eigenvalue weighted by atomic mass is 9.97. The number of methoxy groups -OCH3 is 2. The fraction of sp³-hybridized carbons (Fsp3) is 0.526. The van der Waals surface area contributed by atoms with E-state index in [2.05, 4.69) is 10.1 Å². The van der Waals surface area contributed by atoms with Crippen molar-refractivity contribution in [2.75, 3.05) is 20.0 Å². The van der Waals surface area contributed by atoms with Crippen LogP contribution in [0.2, 0.25) is 0 Å². The Balaban J connectivity index is 2.48. The molecular weight excluding hydrogens is 348 g/mol. The molecule has 0 spiro atoms. The average molecular weight is 381 g/mol. The number of nitrogens with zero attached hydrogens (tertiary/aromatic N) is 3. The molecule has 0 unspecified atom stereocenters. The standard InChI is InChI=1S/C19H28N4O4/c1-5-23-17(15(20)12-22-23)14-8-10-21-16(11-14)19(26-3,27-4)9-6-7-13(2)18(24)25/h8,10-13H,5-7,9,20H2,1-4H3,(H,24,25)/t13-/m1/s1/i1D3,5D2. The van der Waals surface area contributed by atoms with Gasteiger partial charge in [0.1, 0.15) is 5.69 Å². The topological polar surface area (TPSA) is 112 Å². The molecule has 2 rings (SSSR count). The Morgan fingerprint density at radius 2 is 2.26 bits per heavy atom. The van der Waals surface area contributed by atoms with Crippen LogP contribution in [0, 0.1) is 5.92 Å². The first-order valence-electron chi connectivity index (χ1n) is 10.9. The number of aromatic nitrogens is 3. The van der Waals surface area contributed by atoms with Crippen LogP contribution in [0.3, 0.4) is 0 Å². The third-order valence-electron chi connectivity index (χ3n) is 4.55. The molecule has 0 saturated heterocycles. The lowest BCUT2D eigenvalue weighted by Gasteiger charge is -2.31. The van der Waals surface area contributed by atoms with Crippen LogP contribution in [0.5, 0.6) is 0 Å². The zero-order chi connectivity index (χ0) is 24.3. The smallest absolute Gasteiger partial charge is 0.306 e. The number of pyridine rings is 1. The number of anilines is 1. The quantitative estimate of drug-likeness (QED) is 0.608. The molecule has 0 amide bonds. The van der Waals surface area contributed by atoms with E-state index in [1.165, 1.54) is 26.6 Å². The predicted molar refractivity (Wildman–Crippen MR) is 102 cm³/mol. The highest BCUT2D eigenvalue weighted by atomic mass is 16.7. The number of nitrogens with two attached hydrogens (primary N) is 1. The van der Waals surface area contributed by atoms with E-state index in [0.717, 1.165) is 4.68 Å². The van der Waals surface area contributed by atoms with Gasteiger partial charge in [0, 0.05) is 43.0 Å². The van der Waals surface area contributed by atoms with Crippen LogP contribution in [0.1, 0.15) is 45.6 Å². The van der Waals surface area contributed by atoms with Crippen molar-refractivity contribution in [2.45, 2.75) is 45.3 Å². The highest BCUT2D eigenvalue weighted by molar-refractivity contribution is 5.72. The van der Waals surface area contributed by atoms with Gasteiger partial charge in [-0.2, -0.15) is 5.10 Å². The van der Waals surface area contributed by atoms with Crippen molar-refractivity contribution in [1.82, 2.24) is 14.8 Å². The molecular formula is C19H28N4O4. The molecule has 0 aliphatic heterocycles. The molecule has 0 aliphatic carbocycles. The van der Waals surface area contributed by atoms with Crippen molar-refractivity contribution < 1.29 is 26.2 Å². The van der Waals surface area contributed by atoms with Crippen molar-refractivity contribution >= 4 is 11.7 Å². The summed E-state index contributed by atoms with van der Waals surface area (Å²) in [5.74, 6) is -2.72. The van der Waals surface area contributed by atoms with Gasteiger partial charge in [0.15, 0.2) is 0 Å². The number of carbonyl (C=O) groups is 1. The summed E-state index contributed by atoms with van der Waals surface area (Å²) in [7, 11) is 2.87. The molecule has 0 bridgehead atoms. The Morgan fingerprint density at radius 1 is 1.52 bits per heavy atom. The van der Waals surface area contributed by atoms with Gasteiger partial charge in [-0.15, -0.1) is 0 Å². The van der Waals surface area contributed by atoms with Gasteiger partial charge in [-0.3, -0.25) is 14.5 Å². The van der Waals surface area contributed by atoms with Crippen LogP contribution in [0.4, 0.5) is 5.69 Å². The molecule has 2 aromatic heterocycles. The van der Waals surface area contributed by atoms with E-state index in [1.54, 1.807) is 19.1 Å². The van der Waals surface area contributed by atoms with Crippen molar-refractivity contribution in [3.8, 4) is 11.3 Å². The zero-order valence-electron chi connectivity index (χ0n) is 20.6.